The van der Waals surface area contributed by atoms with Crippen LogP contribution in [0.15, 0.2) is 24.3 Å². The Morgan fingerprint density at radius 3 is 2.57 bits per heavy atom. The molecule has 30 heavy (non-hydrogen) atoms. The predicted octanol–water partition coefficient (Wildman–Crippen LogP) is 3.20. The summed E-state index contributed by atoms with van der Waals surface area (Å²) >= 11 is 0. The molecule has 164 valence electrons. The van der Waals surface area contributed by atoms with Crippen molar-refractivity contribution in [3.8, 4) is 11.5 Å². The topological polar surface area (TPSA) is 103 Å². The van der Waals surface area contributed by atoms with Crippen LogP contribution >= 0.6 is 0 Å². The smallest absolute Gasteiger partial charge is 0.344 e. The molecule has 1 aromatic rings. The van der Waals surface area contributed by atoms with E-state index in [9.17, 15) is 14.4 Å². The van der Waals surface area contributed by atoms with Gasteiger partial charge in [-0.25, -0.2) is 9.59 Å². The SMILES string of the molecule is C/C=C/c1ccc(OCC(=O)O[C@H](C)C(=O)NC(=O)NC2CCCCC2)c(OC)c1. The number of urea groups is 1. The Kier molecular flexibility index (Phi) is 9.18. The third-order valence-corrected chi connectivity index (χ3v) is 4.75. The van der Waals surface area contributed by atoms with Crippen molar-refractivity contribution >= 4 is 24.0 Å². The van der Waals surface area contributed by atoms with Crippen molar-refractivity contribution in [2.24, 2.45) is 0 Å². The van der Waals surface area contributed by atoms with Gasteiger partial charge in [-0.15, -0.1) is 0 Å². The molecule has 8 nitrogen and oxygen atoms in total. The third kappa shape index (κ3) is 7.42. The van der Waals surface area contributed by atoms with Crippen LogP contribution in [0.2, 0.25) is 0 Å². The predicted molar refractivity (Wildman–Crippen MR) is 112 cm³/mol. The summed E-state index contributed by atoms with van der Waals surface area (Å²) < 4.78 is 15.8. The zero-order chi connectivity index (χ0) is 21.9. The Labute approximate surface area is 176 Å². The first-order valence-corrected chi connectivity index (χ1v) is 10.2. The van der Waals surface area contributed by atoms with E-state index in [1.54, 1.807) is 12.1 Å². The molecule has 1 fully saturated rings. The third-order valence-electron chi connectivity index (χ3n) is 4.75. The minimum Gasteiger partial charge on any atom is -0.493 e. The van der Waals surface area contributed by atoms with Crippen LogP contribution in [0.3, 0.4) is 0 Å². The van der Waals surface area contributed by atoms with Gasteiger partial charge in [0.2, 0.25) is 0 Å². The Hall–Kier alpha value is -3.03. The van der Waals surface area contributed by atoms with Gasteiger partial charge in [-0.3, -0.25) is 10.1 Å². The maximum Gasteiger partial charge on any atom is 0.344 e. The second kappa shape index (κ2) is 11.8. The van der Waals surface area contributed by atoms with Gasteiger partial charge in [0.25, 0.3) is 5.91 Å². The van der Waals surface area contributed by atoms with E-state index >= 15 is 0 Å². The number of allylic oxidation sites excluding steroid dienone is 1. The summed E-state index contributed by atoms with van der Waals surface area (Å²) in [4.78, 5) is 36.1. The van der Waals surface area contributed by atoms with Crippen molar-refractivity contribution in [2.75, 3.05) is 13.7 Å². The van der Waals surface area contributed by atoms with E-state index in [0.717, 1.165) is 31.2 Å². The average Bonchev–Trinajstić information content (AvgIpc) is 2.73. The highest BCUT2D eigenvalue weighted by molar-refractivity contribution is 5.97. The minimum absolute atomic E-state index is 0.0759. The van der Waals surface area contributed by atoms with E-state index in [1.165, 1.54) is 20.5 Å². The molecule has 1 aromatic carbocycles. The van der Waals surface area contributed by atoms with Gasteiger partial charge in [-0.1, -0.05) is 37.5 Å². The number of carbonyl (C=O) groups is 3. The maximum absolute atomic E-state index is 12.1. The summed E-state index contributed by atoms with van der Waals surface area (Å²) in [7, 11) is 1.50. The summed E-state index contributed by atoms with van der Waals surface area (Å²) in [5.41, 5.74) is 0.932. The molecule has 3 amide bonds. The minimum atomic E-state index is -1.13. The summed E-state index contributed by atoms with van der Waals surface area (Å²) in [6.07, 6.45) is 7.79. The van der Waals surface area contributed by atoms with Crippen LogP contribution in [-0.4, -0.2) is 43.8 Å². The van der Waals surface area contributed by atoms with Crippen LogP contribution in [-0.2, 0) is 14.3 Å². The lowest BCUT2D eigenvalue weighted by molar-refractivity contribution is -0.156. The summed E-state index contributed by atoms with van der Waals surface area (Å²) in [5, 5.41) is 4.99. The largest absolute Gasteiger partial charge is 0.493 e. The van der Waals surface area contributed by atoms with Gasteiger partial charge in [-0.2, -0.15) is 0 Å². The molecule has 0 aliphatic heterocycles. The van der Waals surface area contributed by atoms with Gasteiger partial charge < -0.3 is 19.5 Å². The molecule has 0 spiro atoms. The van der Waals surface area contributed by atoms with E-state index in [0.29, 0.717) is 11.5 Å². The first-order valence-electron chi connectivity index (χ1n) is 10.2. The molecule has 8 heteroatoms. The number of hydrogen-bond acceptors (Lipinski definition) is 6. The zero-order valence-electron chi connectivity index (χ0n) is 17.7. The summed E-state index contributed by atoms with van der Waals surface area (Å²) in [6.45, 7) is 2.91. The lowest BCUT2D eigenvalue weighted by atomic mass is 9.96. The van der Waals surface area contributed by atoms with E-state index in [-0.39, 0.29) is 6.04 Å². The van der Waals surface area contributed by atoms with Gasteiger partial charge in [0.15, 0.2) is 24.2 Å². The van der Waals surface area contributed by atoms with Crippen LogP contribution in [0.1, 0.15) is 51.5 Å². The molecular weight excluding hydrogens is 388 g/mol. The fourth-order valence-electron chi connectivity index (χ4n) is 3.20. The molecule has 0 aromatic heterocycles. The Morgan fingerprint density at radius 2 is 1.90 bits per heavy atom. The van der Waals surface area contributed by atoms with Crippen molar-refractivity contribution in [2.45, 2.75) is 58.1 Å². The number of amides is 3. The number of nitrogens with one attached hydrogen (secondary N) is 2. The zero-order valence-corrected chi connectivity index (χ0v) is 17.7. The van der Waals surface area contributed by atoms with Crippen LogP contribution < -0.4 is 20.1 Å². The number of ether oxygens (including phenoxy) is 3. The number of imide groups is 1. The van der Waals surface area contributed by atoms with Gasteiger partial charge in [0.05, 0.1) is 7.11 Å². The van der Waals surface area contributed by atoms with E-state index in [2.05, 4.69) is 10.6 Å². The normalized spacial score (nSPS) is 15.3. The van der Waals surface area contributed by atoms with Crippen LogP contribution in [0.25, 0.3) is 6.08 Å². The molecule has 0 unspecified atom stereocenters. The van der Waals surface area contributed by atoms with Crippen LogP contribution in [0.5, 0.6) is 11.5 Å². The lowest BCUT2D eigenvalue weighted by Crippen LogP contribution is -2.48. The molecule has 1 saturated carbocycles. The van der Waals surface area contributed by atoms with E-state index in [4.69, 9.17) is 14.2 Å². The molecule has 0 bridgehead atoms. The summed E-state index contributed by atoms with van der Waals surface area (Å²) in [6, 6.07) is 4.79. The van der Waals surface area contributed by atoms with Gasteiger partial charge in [-0.05, 0) is 44.4 Å². The highest BCUT2D eigenvalue weighted by Crippen LogP contribution is 2.28. The number of hydrogen-bond donors (Lipinski definition) is 2. The second-order valence-electron chi connectivity index (χ2n) is 7.13. The van der Waals surface area contributed by atoms with E-state index in [1.807, 2.05) is 25.1 Å². The molecule has 1 aliphatic carbocycles. The fourth-order valence-corrected chi connectivity index (χ4v) is 3.20. The van der Waals surface area contributed by atoms with Gasteiger partial charge in [0.1, 0.15) is 0 Å². The molecule has 1 aliphatic rings. The quantitative estimate of drug-likeness (QED) is 0.629. The molecule has 2 rings (SSSR count). The van der Waals surface area contributed by atoms with Gasteiger partial charge >= 0.3 is 12.0 Å². The molecule has 0 saturated heterocycles. The highest BCUT2D eigenvalue weighted by atomic mass is 16.6. The van der Waals surface area contributed by atoms with Crippen molar-refractivity contribution in [3.63, 3.8) is 0 Å². The monoisotopic (exact) mass is 418 g/mol. The number of methoxy groups -OCH3 is 1. The highest BCUT2D eigenvalue weighted by Gasteiger charge is 2.22. The fraction of sp³-hybridized carbons (Fsp3) is 0.500. The number of esters is 1. The Morgan fingerprint density at radius 1 is 1.17 bits per heavy atom. The van der Waals surface area contributed by atoms with Crippen molar-refractivity contribution < 1.29 is 28.6 Å². The maximum atomic E-state index is 12.1. The molecule has 0 radical (unpaired) electrons. The Bertz CT molecular complexity index is 771. The van der Waals surface area contributed by atoms with Crippen LogP contribution in [0.4, 0.5) is 4.79 Å². The number of benzene rings is 1. The number of rotatable bonds is 8. The standard InChI is InChI=1S/C22H30N2O6/c1-4-8-16-11-12-18(19(13-16)28-3)29-14-20(25)30-15(2)21(26)24-22(27)23-17-9-6-5-7-10-17/h4,8,11-13,15,17H,5-7,9-10,14H2,1-3H3,(H2,23,24,26,27)/b8-4+/t15-/m1/s1. The second-order valence-corrected chi connectivity index (χ2v) is 7.13. The van der Waals surface area contributed by atoms with E-state index < -0.39 is 30.6 Å². The van der Waals surface area contributed by atoms with Crippen molar-refractivity contribution in [3.05, 3.63) is 29.8 Å². The average molecular weight is 418 g/mol. The number of carbonyl (C=O) groups excluding carboxylic acids is 3. The van der Waals surface area contributed by atoms with Crippen molar-refractivity contribution in [1.82, 2.24) is 10.6 Å². The van der Waals surface area contributed by atoms with Crippen molar-refractivity contribution in [1.29, 1.82) is 0 Å². The molecule has 0 heterocycles. The molecule has 2 N–H and O–H groups in total. The molecular formula is C22H30N2O6. The van der Waals surface area contributed by atoms with Gasteiger partial charge in [0, 0.05) is 6.04 Å². The molecule has 1 atom stereocenters. The Balaban J connectivity index is 1.78. The van der Waals surface area contributed by atoms with Crippen LogP contribution in [0, 0.1) is 0 Å². The lowest BCUT2D eigenvalue weighted by Gasteiger charge is -2.23. The first-order chi connectivity index (χ1) is 14.4. The first kappa shape index (κ1) is 23.3. The summed E-state index contributed by atoms with van der Waals surface area (Å²) in [5.74, 6) is -0.565.